The summed E-state index contributed by atoms with van der Waals surface area (Å²) in [6.45, 7) is -0.372. The summed E-state index contributed by atoms with van der Waals surface area (Å²) in [5, 5.41) is 26.1. The van der Waals surface area contributed by atoms with E-state index in [-0.39, 0.29) is 40.1 Å². The summed E-state index contributed by atoms with van der Waals surface area (Å²) in [6, 6.07) is 16.5. The van der Waals surface area contributed by atoms with Gasteiger partial charge in [0.25, 0.3) is 17.5 Å². The molecule has 0 aliphatic carbocycles. The fraction of sp³-hybridized carbons (Fsp3) is 0.0800. The fourth-order valence-corrected chi connectivity index (χ4v) is 3.44. The van der Waals surface area contributed by atoms with E-state index in [9.17, 15) is 25.0 Å². The van der Waals surface area contributed by atoms with Crippen LogP contribution in [0.4, 0.5) is 17.1 Å². The number of methoxy groups -OCH3 is 1. The highest BCUT2D eigenvalue weighted by atomic mass is 35.5. The smallest absolute Gasteiger partial charge is 0.271 e. The molecule has 0 unspecified atom stereocenters. The van der Waals surface area contributed by atoms with E-state index in [1.54, 1.807) is 30.3 Å². The van der Waals surface area contributed by atoms with Crippen molar-refractivity contribution < 1.29 is 24.0 Å². The first-order valence-corrected chi connectivity index (χ1v) is 11.2. The largest absolute Gasteiger partial charge is 0.493 e. The van der Waals surface area contributed by atoms with Gasteiger partial charge in [-0.1, -0.05) is 29.3 Å². The first-order valence-electron chi connectivity index (χ1n) is 10.4. The van der Waals surface area contributed by atoms with Crippen molar-refractivity contribution in [2.75, 3.05) is 24.4 Å². The van der Waals surface area contributed by atoms with Crippen LogP contribution in [0.5, 0.6) is 11.5 Å². The predicted molar refractivity (Wildman–Crippen MR) is 139 cm³/mol. The van der Waals surface area contributed by atoms with Gasteiger partial charge >= 0.3 is 0 Å². The minimum atomic E-state index is -0.780. The van der Waals surface area contributed by atoms with Gasteiger partial charge in [-0.2, -0.15) is 5.26 Å². The first-order chi connectivity index (χ1) is 17.7. The Balaban J connectivity index is 1.74. The van der Waals surface area contributed by atoms with Crippen LogP contribution in [0.1, 0.15) is 5.56 Å². The zero-order chi connectivity index (χ0) is 26.9. The fourth-order valence-electron chi connectivity index (χ4n) is 3.04. The molecule has 0 bridgehead atoms. The van der Waals surface area contributed by atoms with E-state index >= 15 is 0 Å². The van der Waals surface area contributed by atoms with Crippen molar-refractivity contribution in [1.29, 1.82) is 5.26 Å². The topological polar surface area (TPSA) is 144 Å². The Bertz CT molecular complexity index is 1420. The number of nitrogens with one attached hydrogen (secondary N) is 2. The average molecular weight is 541 g/mol. The van der Waals surface area contributed by atoms with E-state index in [0.717, 1.165) is 0 Å². The quantitative estimate of drug-likeness (QED) is 0.158. The van der Waals surface area contributed by atoms with Gasteiger partial charge in [-0.3, -0.25) is 19.7 Å². The average Bonchev–Trinajstić information content (AvgIpc) is 2.87. The molecule has 2 N–H and O–H groups in total. The third-order valence-corrected chi connectivity index (χ3v) is 5.25. The summed E-state index contributed by atoms with van der Waals surface area (Å²) in [6.07, 6.45) is 1.26. The van der Waals surface area contributed by atoms with Gasteiger partial charge in [0, 0.05) is 28.5 Å². The number of nitro benzene ring substituents is 1. The summed E-state index contributed by atoms with van der Waals surface area (Å²) in [5.41, 5.74) is 0.515. The minimum absolute atomic E-state index is 0.0706. The van der Waals surface area contributed by atoms with Crippen LogP contribution in [0.25, 0.3) is 6.08 Å². The maximum absolute atomic E-state index is 12.6. The minimum Gasteiger partial charge on any atom is -0.493 e. The molecule has 0 spiro atoms. The van der Waals surface area contributed by atoms with Crippen LogP contribution in [0.2, 0.25) is 10.0 Å². The van der Waals surface area contributed by atoms with Crippen LogP contribution in [0.15, 0.2) is 66.2 Å². The second kappa shape index (κ2) is 12.4. The highest BCUT2D eigenvalue weighted by molar-refractivity contribution is 6.32. The van der Waals surface area contributed by atoms with Gasteiger partial charge < -0.3 is 20.1 Å². The zero-order valence-corrected chi connectivity index (χ0v) is 20.7. The number of nitro groups is 1. The van der Waals surface area contributed by atoms with Crippen molar-refractivity contribution in [3.63, 3.8) is 0 Å². The lowest BCUT2D eigenvalue weighted by Crippen LogP contribution is -2.20. The Morgan fingerprint density at radius 2 is 1.81 bits per heavy atom. The lowest BCUT2D eigenvalue weighted by Gasteiger charge is -2.13. The Hall–Kier alpha value is -4.59. The molecule has 0 aliphatic heterocycles. The molecular weight excluding hydrogens is 523 g/mol. The van der Waals surface area contributed by atoms with Crippen molar-refractivity contribution in [2.45, 2.75) is 0 Å². The number of ether oxygens (including phenoxy) is 2. The van der Waals surface area contributed by atoms with E-state index in [1.165, 1.54) is 49.6 Å². The first kappa shape index (κ1) is 27.0. The molecule has 0 saturated heterocycles. The standard InChI is InChI=1S/C25H18Cl2N4O6/c1-36-22-11-15(9-16(13-28)25(33)30-19-3-2-4-20(12-19)31(34)35)10-21(27)24(22)37-14-23(32)29-18-7-5-17(26)6-8-18/h2-12H,14H2,1H3,(H,29,32)(H,30,33)/b16-9+. The number of halogens is 2. The molecule has 3 rings (SSSR count). The lowest BCUT2D eigenvalue weighted by atomic mass is 10.1. The van der Waals surface area contributed by atoms with E-state index < -0.39 is 16.7 Å². The van der Waals surface area contributed by atoms with E-state index in [4.69, 9.17) is 32.7 Å². The second-order valence-corrected chi connectivity index (χ2v) is 8.15. The molecule has 3 aromatic rings. The molecular formula is C25H18Cl2N4O6. The molecule has 10 nitrogen and oxygen atoms in total. The van der Waals surface area contributed by atoms with Crippen molar-refractivity contribution >= 4 is 58.2 Å². The van der Waals surface area contributed by atoms with Crippen LogP contribution in [-0.4, -0.2) is 30.5 Å². The van der Waals surface area contributed by atoms with Crippen molar-refractivity contribution in [1.82, 2.24) is 0 Å². The summed E-state index contributed by atoms with van der Waals surface area (Å²) in [7, 11) is 1.36. The molecule has 0 aromatic heterocycles. The number of amides is 2. The number of carbonyl (C=O) groups excluding carboxylic acids is 2. The number of nitriles is 1. The Morgan fingerprint density at radius 1 is 1.08 bits per heavy atom. The van der Waals surface area contributed by atoms with Gasteiger partial charge in [-0.15, -0.1) is 0 Å². The number of hydrogen-bond donors (Lipinski definition) is 2. The zero-order valence-electron chi connectivity index (χ0n) is 19.2. The van der Waals surface area contributed by atoms with Crippen molar-refractivity contribution in [2.24, 2.45) is 0 Å². The second-order valence-electron chi connectivity index (χ2n) is 7.31. The van der Waals surface area contributed by atoms with Gasteiger partial charge in [0.15, 0.2) is 18.1 Å². The van der Waals surface area contributed by atoms with Crippen molar-refractivity contribution in [3.8, 4) is 17.6 Å². The number of hydrogen-bond acceptors (Lipinski definition) is 7. The maximum Gasteiger partial charge on any atom is 0.271 e. The van der Waals surface area contributed by atoms with Crippen molar-refractivity contribution in [3.05, 3.63) is 92.0 Å². The summed E-state index contributed by atoms with van der Waals surface area (Å²) in [4.78, 5) is 35.1. The molecule has 0 aliphatic rings. The van der Waals surface area contributed by atoms with E-state index in [0.29, 0.717) is 16.3 Å². The highest BCUT2D eigenvalue weighted by Crippen LogP contribution is 2.37. The molecule has 0 radical (unpaired) electrons. The summed E-state index contributed by atoms with van der Waals surface area (Å²) >= 11 is 12.2. The Morgan fingerprint density at radius 3 is 2.46 bits per heavy atom. The van der Waals surface area contributed by atoms with Gasteiger partial charge in [0.2, 0.25) is 0 Å². The number of rotatable bonds is 9. The van der Waals surface area contributed by atoms with Gasteiger partial charge in [-0.05, 0) is 54.1 Å². The normalized spacial score (nSPS) is 10.7. The van der Waals surface area contributed by atoms with Gasteiger partial charge in [-0.25, -0.2) is 0 Å². The van der Waals surface area contributed by atoms with Gasteiger partial charge in [0.1, 0.15) is 11.6 Å². The summed E-state index contributed by atoms with van der Waals surface area (Å²) < 4.78 is 10.8. The lowest BCUT2D eigenvalue weighted by molar-refractivity contribution is -0.384. The molecule has 0 saturated carbocycles. The highest BCUT2D eigenvalue weighted by Gasteiger charge is 2.16. The number of benzene rings is 3. The van der Waals surface area contributed by atoms with Crippen LogP contribution < -0.4 is 20.1 Å². The molecule has 0 heterocycles. The molecule has 3 aromatic carbocycles. The Kier molecular flexibility index (Phi) is 9.05. The summed E-state index contributed by atoms with van der Waals surface area (Å²) in [5.74, 6) is -0.979. The van der Waals surface area contributed by atoms with Crippen LogP contribution in [-0.2, 0) is 9.59 Å². The van der Waals surface area contributed by atoms with E-state index in [1.807, 2.05) is 0 Å². The molecule has 0 fully saturated rings. The van der Waals surface area contributed by atoms with Crippen LogP contribution in [0.3, 0.4) is 0 Å². The van der Waals surface area contributed by atoms with Crippen LogP contribution in [0, 0.1) is 21.4 Å². The molecule has 0 atom stereocenters. The Labute approximate surface area is 221 Å². The molecule has 2 amide bonds. The third kappa shape index (κ3) is 7.44. The maximum atomic E-state index is 12.6. The number of carbonyl (C=O) groups is 2. The molecule has 188 valence electrons. The number of anilines is 2. The predicted octanol–water partition coefficient (Wildman–Crippen LogP) is 5.47. The van der Waals surface area contributed by atoms with Gasteiger partial charge in [0.05, 0.1) is 17.1 Å². The molecule has 37 heavy (non-hydrogen) atoms. The SMILES string of the molecule is COc1cc(/C=C(\C#N)C(=O)Nc2cccc([N+](=O)[O-])c2)cc(Cl)c1OCC(=O)Nc1ccc(Cl)cc1. The third-order valence-electron chi connectivity index (χ3n) is 4.72. The van der Waals surface area contributed by atoms with E-state index in [2.05, 4.69) is 10.6 Å². The number of nitrogens with zero attached hydrogens (tertiary/aromatic N) is 2. The van der Waals surface area contributed by atoms with Crippen LogP contribution >= 0.6 is 23.2 Å². The number of non-ortho nitro benzene ring substituents is 1. The monoisotopic (exact) mass is 540 g/mol. The molecule has 12 heteroatoms.